The van der Waals surface area contributed by atoms with E-state index in [-0.39, 0.29) is 12.2 Å². The molecule has 0 heterocycles. The fourth-order valence-corrected chi connectivity index (χ4v) is 1.16. The Morgan fingerprint density at radius 3 is 2.50 bits per heavy atom. The molecule has 1 aromatic carbocycles. The molecule has 0 aromatic heterocycles. The van der Waals surface area contributed by atoms with Gasteiger partial charge in [-0.3, -0.25) is 0 Å². The van der Waals surface area contributed by atoms with E-state index in [9.17, 15) is 8.78 Å². The molecule has 0 aliphatic carbocycles. The summed E-state index contributed by atoms with van der Waals surface area (Å²) in [4.78, 5) is 0. The maximum atomic E-state index is 13.2. The molecular weight excluding hydrogens is 192 g/mol. The fourth-order valence-electron chi connectivity index (χ4n) is 1.16. The topological polar surface area (TPSA) is 52.5 Å². The van der Waals surface area contributed by atoms with Crippen molar-refractivity contribution in [3.63, 3.8) is 0 Å². The van der Waals surface area contributed by atoms with Crippen LogP contribution in [0.4, 0.5) is 8.78 Å². The number of aliphatic hydroxyl groups excluding tert-OH is 1. The monoisotopic (exact) mass is 203 g/mol. The number of likely N-dealkylation sites (N-methyl/N-ethyl adjacent to an activating group) is 1. The van der Waals surface area contributed by atoms with E-state index in [0.717, 1.165) is 6.07 Å². The average molecular weight is 203 g/mol. The Labute approximate surface area is 80.0 Å². The number of nitrogens with one attached hydrogen (secondary N) is 1. The Hall–Kier alpha value is -1.20. The normalized spacial score (nSPS) is 12.9. The zero-order valence-corrected chi connectivity index (χ0v) is 7.59. The van der Waals surface area contributed by atoms with Gasteiger partial charge >= 0.3 is 0 Å². The van der Waals surface area contributed by atoms with Crippen LogP contribution in [0.3, 0.4) is 0 Å². The second-order valence-corrected chi connectivity index (χ2v) is 2.85. The van der Waals surface area contributed by atoms with Gasteiger partial charge in [-0.1, -0.05) is 0 Å². The van der Waals surface area contributed by atoms with E-state index in [1.54, 1.807) is 0 Å². The number of aliphatic hydroxyl groups is 1. The summed E-state index contributed by atoms with van der Waals surface area (Å²) in [6.07, 6.45) is 0. The molecule has 0 saturated carbocycles. The van der Waals surface area contributed by atoms with Crippen LogP contribution in [-0.4, -0.2) is 23.9 Å². The van der Waals surface area contributed by atoms with Gasteiger partial charge in [-0.25, -0.2) is 8.78 Å². The van der Waals surface area contributed by atoms with Gasteiger partial charge in [0.1, 0.15) is 5.82 Å². The molecule has 0 bridgehead atoms. The molecule has 1 rings (SSSR count). The highest BCUT2D eigenvalue weighted by Gasteiger charge is 2.16. The summed E-state index contributed by atoms with van der Waals surface area (Å²) >= 11 is 0. The lowest BCUT2D eigenvalue weighted by Crippen LogP contribution is -2.21. The second kappa shape index (κ2) is 4.34. The minimum atomic E-state index is -0.907. The third-order valence-electron chi connectivity index (χ3n) is 1.97. The van der Waals surface area contributed by atoms with E-state index in [0.29, 0.717) is 6.07 Å². The number of benzene rings is 1. The van der Waals surface area contributed by atoms with Crippen molar-refractivity contribution >= 4 is 0 Å². The van der Waals surface area contributed by atoms with Crippen LogP contribution in [0.2, 0.25) is 0 Å². The SMILES string of the molecule is CNC(CO)c1cc(F)c(O)cc1F. The van der Waals surface area contributed by atoms with E-state index in [2.05, 4.69) is 5.32 Å². The molecule has 0 spiro atoms. The molecule has 0 amide bonds. The predicted molar refractivity (Wildman–Crippen MR) is 46.9 cm³/mol. The first-order valence-electron chi connectivity index (χ1n) is 4.06. The second-order valence-electron chi connectivity index (χ2n) is 2.85. The van der Waals surface area contributed by atoms with Crippen molar-refractivity contribution in [2.45, 2.75) is 6.04 Å². The van der Waals surface area contributed by atoms with E-state index in [1.165, 1.54) is 7.05 Å². The summed E-state index contributed by atoms with van der Waals surface area (Å²) < 4.78 is 26.0. The molecule has 78 valence electrons. The van der Waals surface area contributed by atoms with Crippen molar-refractivity contribution in [3.8, 4) is 5.75 Å². The van der Waals surface area contributed by atoms with Crippen LogP contribution in [0, 0.1) is 11.6 Å². The minimum absolute atomic E-state index is 0.00898. The van der Waals surface area contributed by atoms with Crippen LogP contribution in [0.1, 0.15) is 11.6 Å². The highest BCUT2D eigenvalue weighted by molar-refractivity contribution is 5.31. The molecule has 14 heavy (non-hydrogen) atoms. The summed E-state index contributed by atoms with van der Waals surface area (Å²) in [7, 11) is 1.52. The van der Waals surface area contributed by atoms with Crippen LogP contribution in [0.25, 0.3) is 0 Å². The summed E-state index contributed by atoms with van der Waals surface area (Å²) in [5.41, 5.74) is -0.00898. The van der Waals surface area contributed by atoms with Crippen LogP contribution in [-0.2, 0) is 0 Å². The molecule has 3 N–H and O–H groups in total. The number of rotatable bonds is 3. The van der Waals surface area contributed by atoms with E-state index in [4.69, 9.17) is 10.2 Å². The first kappa shape index (κ1) is 10.9. The Kier molecular flexibility index (Phi) is 3.38. The van der Waals surface area contributed by atoms with Crippen LogP contribution in [0.5, 0.6) is 5.75 Å². The van der Waals surface area contributed by atoms with Gasteiger partial charge in [-0.15, -0.1) is 0 Å². The van der Waals surface area contributed by atoms with Gasteiger partial charge in [0.05, 0.1) is 12.6 Å². The van der Waals surface area contributed by atoms with E-state index >= 15 is 0 Å². The Morgan fingerprint density at radius 1 is 1.36 bits per heavy atom. The Bertz CT molecular complexity index is 327. The first-order valence-corrected chi connectivity index (χ1v) is 4.06. The largest absolute Gasteiger partial charge is 0.505 e. The first-order chi connectivity index (χ1) is 6.60. The summed E-state index contributed by atoms with van der Waals surface area (Å²) in [5.74, 6) is -2.40. The highest BCUT2D eigenvalue weighted by atomic mass is 19.1. The maximum absolute atomic E-state index is 13.2. The highest BCUT2D eigenvalue weighted by Crippen LogP contribution is 2.24. The molecule has 1 unspecified atom stereocenters. The maximum Gasteiger partial charge on any atom is 0.165 e. The summed E-state index contributed by atoms with van der Waals surface area (Å²) in [5, 5.41) is 20.3. The number of phenols is 1. The number of hydrogen-bond donors (Lipinski definition) is 3. The quantitative estimate of drug-likeness (QED) is 0.684. The summed E-state index contributed by atoms with van der Waals surface area (Å²) in [6.45, 7) is -0.350. The van der Waals surface area contributed by atoms with Crippen LogP contribution < -0.4 is 5.32 Å². The molecule has 0 radical (unpaired) electrons. The molecule has 1 aromatic rings. The lowest BCUT2D eigenvalue weighted by molar-refractivity contribution is 0.247. The van der Waals surface area contributed by atoms with Crippen LogP contribution in [0.15, 0.2) is 12.1 Å². The number of halogens is 2. The standard InChI is InChI=1S/C9H11F2NO2/c1-12-8(4-13)5-2-7(11)9(14)3-6(5)10/h2-3,8,12-14H,4H2,1H3. The van der Waals surface area contributed by atoms with Gasteiger partial charge in [-0.05, 0) is 13.1 Å². The van der Waals surface area contributed by atoms with Gasteiger partial charge in [0.25, 0.3) is 0 Å². The predicted octanol–water partition coefficient (Wildman–Crippen LogP) is 0.923. The van der Waals surface area contributed by atoms with E-state index in [1.807, 2.05) is 0 Å². The smallest absolute Gasteiger partial charge is 0.165 e. The third kappa shape index (κ3) is 2.00. The lowest BCUT2D eigenvalue weighted by atomic mass is 10.1. The molecule has 0 fully saturated rings. The van der Waals surface area contributed by atoms with Gasteiger partial charge in [-0.2, -0.15) is 0 Å². The number of aromatic hydroxyl groups is 1. The average Bonchev–Trinajstić information content (AvgIpc) is 2.15. The number of phenolic OH excluding ortho intramolecular Hbond substituents is 1. The lowest BCUT2D eigenvalue weighted by Gasteiger charge is -2.14. The van der Waals surface area contributed by atoms with Crippen molar-refractivity contribution in [1.82, 2.24) is 5.32 Å². The molecule has 0 aliphatic heterocycles. The molecule has 0 saturated heterocycles. The van der Waals surface area contributed by atoms with Gasteiger partial charge < -0.3 is 15.5 Å². The number of hydrogen-bond acceptors (Lipinski definition) is 3. The zero-order valence-electron chi connectivity index (χ0n) is 7.59. The molecule has 0 aliphatic rings. The molecule has 5 heteroatoms. The fraction of sp³-hybridized carbons (Fsp3) is 0.333. The minimum Gasteiger partial charge on any atom is -0.505 e. The third-order valence-corrected chi connectivity index (χ3v) is 1.97. The van der Waals surface area contributed by atoms with Crippen molar-refractivity contribution in [3.05, 3.63) is 29.3 Å². The van der Waals surface area contributed by atoms with Crippen LogP contribution >= 0.6 is 0 Å². The Balaban J connectivity index is 3.14. The molecular formula is C9H11F2NO2. The van der Waals surface area contributed by atoms with Crippen molar-refractivity contribution in [1.29, 1.82) is 0 Å². The van der Waals surface area contributed by atoms with Crippen molar-refractivity contribution in [2.24, 2.45) is 0 Å². The van der Waals surface area contributed by atoms with Gasteiger partial charge in [0, 0.05) is 11.6 Å². The molecule has 1 atom stereocenters. The van der Waals surface area contributed by atoms with Crippen molar-refractivity contribution < 1.29 is 19.0 Å². The Morgan fingerprint density at radius 2 is 2.00 bits per heavy atom. The zero-order chi connectivity index (χ0) is 10.7. The van der Waals surface area contributed by atoms with Crippen molar-refractivity contribution in [2.75, 3.05) is 13.7 Å². The van der Waals surface area contributed by atoms with Gasteiger partial charge in [0.15, 0.2) is 11.6 Å². The van der Waals surface area contributed by atoms with E-state index < -0.39 is 23.4 Å². The summed E-state index contributed by atoms with van der Waals surface area (Å²) in [6, 6.07) is 0.872. The van der Waals surface area contributed by atoms with Gasteiger partial charge in [0.2, 0.25) is 0 Å². The molecule has 3 nitrogen and oxygen atoms in total.